The minimum atomic E-state index is -0.809. The Kier molecular flexibility index (Phi) is 4.88. The van der Waals surface area contributed by atoms with Crippen molar-refractivity contribution in [2.45, 2.75) is 12.1 Å². The highest BCUT2D eigenvalue weighted by Gasteiger charge is 2.64. The Morgan fingerprint density at radius 3 is 2.26 bits per heavy atom. The SMILES string of the molecule is O=C(Nc1ccccc1)[C@@H]1[C@@H]2C(=O)N(c3ccc(Br)cc3)C(=O)[C@H]2[C@H]2c3ccccc3C=CN12. The second-order valence-corrected chi connectivity index (χ2v) is 9.59. The molecule has 0 unspecified atom stereocenters. The van der Waals surface area contributed by atoms with E-state index in [1.807, 2.05) is 59.6 Å². The Morgan fingerprint density at radius 1 is 0.824 bits per heavy atom. The van der Waals surface area contributed by atoms with Gasteiger partial charge in [-0.25, -0.2) is 4.90 Å². The number of imide groups is 1. The van der Waals surface area contributed by atoms with Gasteiger partial charge < -0.3 is 10.2 Å². The number of amides is 3. The molecule has 1 N–H and O–H groups in total. The van der Waals surface area contributed by atoms with Gasteiger partial charge in [0, 0.05) is 16.4 Å². The standard InChI is InChI=1S/C27H20BrN3O3/c28-17-10-12-19(13-11-17)31-26(33)21-22(27(31)34)24(25(32)29-18-7-2-1-3-8-18)30-15-14-16-6-4-5-9-20(16)23(21)30/h1-15,21-24H,(H,29,32)/t21-,22-,23-,24+/m1/s1. The van der Waals surface area contributed by atoms with Gasteiger partial charge in [0.05, 0.1) is 23.6 Å². The molecule has 34 heavy (non-hydrogen) atoms. The topological polar surface area (TPSA) is 69.7 Å². The van der Waals surface area contributed by atoms with E-state index in [-0.39, 0.29) is 17.7 Å². The van der Waals surface area contributed by atoms with E-state index in [0.717, 1.165) is 15.6 Å². The number of nitrogens with zero attached hydrogens (tertiary/aromatic N) is 2. The number of fused-ring (bicyclic) bond motifs is 5. The summed E-state index contributed by atoms with van der Waals surface area (Å²) in [5.41, 5.74) is 3.11. The summed E-state index contributed by atoms with van der Waals surface area (Å²) in [7, 11) is 0. The third-order valence-electron chi connectivity index (χ3n) is 6.86. The summed E-state index contributed by atoms with van der Waals surface area (Å²) >= 11 is 3.40. The molecule has 4 atom stereocenters. The molecule has 0 radical (unpaired) electrons. The zero-order valence-electron chi connectivity index (χ0n) is 18.0. The van der Waals surface area contributed by atoms with Crippen molar-refractivity contribution < 1.29 is 14.4 Å². The maximum atomic E-state index is 13.8. The number of hydrogen-bond donors (Lipinski definition) is 1. The lowest BCUT2D eigenvalue weighted by molar-refractivity contribution is -0.128. The molecule has 0 aliphatic carbocycles. The van der Waals surface area contributed by atoms with Crippen LogP contribution in [0.15, 0.2) is 89.5 Å². The monoisotopic (exact) mass is 513 g/mol. The molecule has 7 heteroatoms. The Hall–Kier alpha value is -3.71. The zero-order valence-corrected chi connectivity index (χ0v) is 19.6. The third-order valence-corrected chi connectivity index (χ3v) is 7.39. The van der Waals surface area contributed by atoms with E-state index in [2.05, 4.69) is 21.2 Å². The molecule has 6 nitrogen and oxygen atoms in total. The Morgan fingerprint density at radius 2 is 1.50 bits per heavy atom. The van der Waals surface area contributed by atoms with Gasteiger partial charge in [-0.05, 0) is 53.6 Å². The minimum absolute atomic E-state index is 0.271. The van der Waals surface area contributed by atoms with Crippen LogP contribution in [-0.4, -0.2) is 28.7 Å². The molecule has 2 fully saturated rings. The molecule has 0 spiro atoms. The van der Waals surface area contributed by atoms with Gasteiger partial charge in [-0.3, -0.25) is 14.4 Å². The van der Waals surface area contributed by atoms with Gasteiger partial charge in [0.2, 0.25) is 17.7 Å². The fraction of sp³-hybridized carbons (Fsp3) is 0.148. The largest absolute Gasteiger partial charge is 0.357 e. The molecule has 3 heterocycles. The molecule has 0 aromatic heterocycles. The van der Waals surface area contributed by atoms with Gasteiger partial charge in [0.25, 0.3) is 0 Å². The van der Waals surface area contributed by atoms with Gasteiger partial charge in [0.1, 0.15) is 6.04 Å². The van der Waals surface area contributed by atoms with Crippen LogP contribution in [0, 0.1) is 11.8 Å². The third kappa shape index (κ3) is 3.11. The Balaban J connectivity index is 1.45. The van der Waals surface area contributed by atoms with Crippen LogP contribution in [0.1, 0.15) is 17.2 Å². The number of carbonyl (C=O) groups excluding carboxylic acids is 3. The van der Waals surface area contributed by atoms with Crippen molar-refractivity contribution in [3.8, 4) is 0 Å². The van der Waals surface area contributed by atoms with Gasteiger partial charge >= 0.3 is 0 Å². The van der Waals surface area contributed by atoms with Crippen molar-refractivity contribution in [3.05, 3.63) is 101 Å². The number of anilines is 2. The molecule has 6 rings (SSSR count). The van der Waals surface area contributed by atoms with Crippen molar-refractivity contribution in [3.63, 3.8) is 0 Å². The molecule has 3 aromatic carbocycles. The summed E-state index contributed by atoms with van der Waals surface area (Å²) in [4.78, 5) is 44.3. The van der Waals surface area contributed by atoms with Crippen LogP contribution in [0.3, 0.4) is 0 Å². The number of benzene rings is 3. The molecular weight excluding hydrogens is 494 g/mol. The first-order valence-electron chi connectivity index (χ1n) is 11.1. The van der Waals surface area contributed by atoms with E-state index in [1.165, 1.54) is 4.90 Å². The average Bonchev–Trinajstić information content (AvgIpc) is 3.33. The molecule has 3 aliphatic rings. The van der Waals surface area contributed by atoms with Crippen molar-refractivity contribution in [1.29, 1.82) is 0 Å². The average molecular weight is 514 g/mol. The first kappa shape index (κ1) is 20.9. The van der Waals surface area contributed by atoms with E-state index in [0.29, 0.717) is 11.4 Å². The number of rotatable bonds is 3. The highest BCUT2D eigenvalue weighted by molar-refractivity contribution is 9.10. The van der Waals surface area contributed by atoms with Gasteiger partial charge in [-0.15, -0.1) is 0 Å². The first-order chi connectivity index (χ1) is 16.5. The van der Waals surface area contributed by atoms with E-state index in [1.54, 1.807) is 36.4 Å². The van der Waals surface area contributed by atoms with E-state index in [4.69, 9.17) is 0 Å². The maximum Gasteiger partial charge on any atom is 0.247 e. The molecule has 2 saturated heterocycles. The predicted molar refractivity (Wildman–Crippen MR) is 133 cm³/mol. The van der Waals surface area contributed by atoms with E-state index >= 15 is 0 Å². The molecule has 3 amide bonds. The molecule has 0 bridgehead atoms. The fourth-order valence-electron chi connectivity index (χ4n) is 5.44. The maximum absolute atomic E-state index is 13.8. The van der Waals surface area contributed by atoms with Crippen molar-refractivity contribution in [1.82, 2.24) is 4.90 Å². The van der Waals surface area contributed by atoms with E-state index in [9.17, 15) is 14.4 Å². The quantitative estimate of drug-likeness (QED) is 0.519. The lowest BCUT2D eigenvalue weighted by Gasteiger charge is -2.35. The number of nitrogens with one attached hydrogen (secondary N) is 1. The molecule has 0 saturated carbocycles. The molecular formula is C27H20BrN3O3. The number of halogens is 1. The number of carbonyl (C=O) groups is 3. The second kappa shape index (κ2) is 7.95. The second-order valence-electron chi connectivity index (χ2n) is 8.68. The summed E-state index contributed by atoms with van der Waals surface area (Å²) in [6.45, 7) is 0. The molecule has 168 valence electrons. The van der Waals surface area contributed by atoms with Crippen LogP contribution in [-0.2, 0) is 14.4 Å². The van der Waals surface area contributed by atoms with Crippen LogP contribution in [0.2, 0.25) is 0 Å². The summed E-state index contributed by atoms with van der Waals surface area (Å²) in [6.07, 6.45) is 3.79. The Labute approximate surface area is 205 Å². The number of hydrogen-bond acceptors (Lipinski definition) is 4. The van der Waals surface area contributed by atoms with Crippen LogP contribution in [0.25, 0.3) is 6.08 Å². The smallest absolute Gasteiger partial charge is 0.247 e. The molecule has 3 aliphatic heterocycles. The van der Waals surface area contributed by atoms with Gasteiger partial charge in [0.15, 0.2) is 0 Å². The fourth-order valence-corrected chi connectivity index (χ4v) is 5.70. The lowest BCUT2D eigenvalue weighted by Crippen LogP contribution is -2.46. The van der Waals surface area contributed by atoms with Crippen LogP contribution in [0.4, 0.5) is 11.4 Å². The lowest BCUT2D eigenvalue weighted by atomic mass is 9.84. The number of para-hydroxylation sites is 1. The normalized spacial score (nSPS) is 24.6. The summed E-state index contributed by atoms with van der Waals surface area (Å²) in [5.74, 6) is -2.36. The van der Waals surface area contributed by atoms with Crippen molar-refractivity contribution >= 4 is 51.1 Å². The van der Waals surface area contributed by atoms with Crippen molar-refractivity contribution in [2.24, 2.45) is 11.8 Å². The Bertz CT molecular complexity index is 1340. The molecule has 3 aromatic rings. The van der Waals surface area contributed by atoms with Gasteiger partial charge in [-0.1, -0.05) is 58.4 Å². The highest BCUT2D eigenvalue weighted by Crippen LogP contribution is 2.53. The summed E-state index contributed by atoms with van der Waals surface area (Å²) < 4.78 is 0.855. The first-order valence-corrected chi connectivity index (χ1v) is 11.9. The summed E-state index contributed by atoms with van der Waals surface area (Å²) in [6, 6.07) is 22.9. The summed E-state index contributed by atoms with van der Waals surface area (Å²) in [5, 5.41) is 2.95. The van der Waals surface area contributed by atoms with Crippen LogP contribution >= 0.6 is 15.9 Å². The predicted octanol–water partition coefficient (Wildman–Crippen LogP) is 4.60. The van der Waals surface area contributed by atoms with Crippen molar-refractivity contribution in [2.75, 3.05) is 10.2 Å². The van der Waals surface area contributed by atoms with E-state index < -0.39 is 23.9 Å². The zero-order chi connectivity index (χ0) is 23.4. The minimum Gasteiger partial charge on any atom is -0.357 e. The highest BCUT2D eigenvalue weighted by atomic mass is 79.9. The van der Waals surface area contributed by atoms with Crippen LogP contribution in [0.5, 0.6) is 0 Å². The van der Waals surface area contributed by atoms with Gasteiger partial charge in [-0.2, -0.15) is 0 Å². The van der Waals surface area contributed by atoms with Crippen LogP contribution < -0.4 is 10.2 Å².